The van der Waals surface area contributed by atoms with Crippen LogP contribution in [0, 0.1) is 10.1 Å². The molecule has 12 heteroatoms. The van der Waals surface area contributed by atoms with Crippen molar-refractivity contribution in [1.82, 2.24) is 15.7 Å². The molecular formula is C26H21N5O6S. The number of methoxy groups -OCH3 is 1. The highest BCUT2D eigenvalue weighted by Crippen LogP contribution is 2.32. The van der Waals surface area contributed by atoms with E-state index in [2.05, 4.69) is 21.2 Å². The number of phenols is 1. The van der Waals surface area contributed by atoms with E-state index in [-0.39, 0.29) is 33.6 Å². The number of hydrogen-bond donors (Lipinski definition) is 4. The number of carbonyl (C=O) groups excluding carboxylic acids is 2. The van der Waals surface area contributed by atoms with Gasteiger partial charge < -0.3 is 9.84 Å². The molecule has 1 heterocycles. The molecule has 4 rings (SSSR count). The molecule has 11 nitrogen and oxygen atoms in total. The minimum Gasteiger partial charge on any atom is -0.504 e. The molecule has 0 radical (unpaired) electrons. The monoisotopic (exact) mass is 531 g/mol. The number of hydrogen-bond acceptors (Lipinski definition) is 9. The molecule has 4 aromatic rings. The first kappa shape index (κ1) is 26.0. The second-order valence-corrected chi connectivity index (χ2v) is 8.48. The third-order valence-electron chi connectivity index (χ3n) is 5.56. The molecule has 1 amide bonds. The maximum atomic E-state index is 13.3. The lowest BCUT2D eigenvalue weighted by atomic mass is 10.0. The second-order valence-electron chi connectivity index (χ2n) is 8.07. The van der Waals surface area contributed by atoms with E-state index in [4.69, 9.17) is 17.0 Å². The average Bonchev–Trinajstić information content (AvgIpc) is 2.91. The molecule has 0 fully saturated rings. The van der Waals surface area contributed by atoms with Crippen LogP contribution in [0.5, 0.6) is 11.5 Å². The van der Waals surface area contributed by atoms with Crippen molar-refractivity contribution in [3.8, 4) is 22.8 Å². The molecule has 38 heavy (non-hydrogen) atoms. The lowest BCUT2D eigenvalue weighted by Crippen LogP contribution is -2.42. The molecule has 0 aliphatic rings. The predicted octanol–water partition coefficient (Wildman–Crippen LogP) is 4.36. The Labute approximate surface area is 221 Å². The number of rotatable bonds is 7. The van der Waals surface area contributed by atoms with Crippen LogP contribution in [-0.2, 0) is 0 Å². The maximum Gasteiger partial charge on any atom is 0.269 e. The molecule has 192 valence electrons. The molecule has 0 aliphatic heterocycles. The van der Waals surface area contributed by atoms with Crippen LogP contribution >= 0.6 is 12.2 Å². The summed E-state index contributed by atoms with van der Waals surface area (Å²) < 4.78 is 5.19. The Morgan fingerprint density at radius 1 is 1.05 bits per heavy atom. The van der Waals surface area contributed by atoms with Gasteiger partial charge in [-0.25, -0.2) is 4.98 Å². The standard InChI is InChI=1S/C26H21N5O6S/c1-14(32)15-3-9-21-19(11-15)20(13-22(27-21)16-4-10-23(33)24(12-16)37-2)25(34)28-26(38)30-29-17-5-7-18(8-6-17)31(35)36/h3-13,29,33H,1-2H3,(H2,28,30,34,38). The number of benzene rings is 3. The molecule has 0 aliphatic carbocycles. The third-order valence-corrected chi connectivity index (χ3v) is 5.77. The summed E-state index contributed by atoms with van der Waals surface area (Å²) in [6.45, 7) is 1.42. The number of pyridine rings is 1. The average molecular weight is 532 g/mol. The summed E-state index contributed by atoms with van der Waals surface area (Å²) in [6.07, 6.45) is 0. The number of thiocarbonyl (C=S) groups is 1. The Hall–Kier alpha value is -5.10. The first-order valence-corrected chi connectivity index (χ1v) is 11.5. The smallest absolute Gasteiger partial charge is 0.269 e. The van der Waals surface area contributed by atoms with Gasteiger partial charge in [0.2, 0.25) is 0 Å². The van der Waals surface area contributed by atoms with Crippen LogP contribution in [0.1, 0.15) is 27.6 Å². The summed E-state index contributed by atoms with van der Waals surface area (Å²) >= 11 is 5.23. The molecule has 0 spiro atoms. The molecule has 0 atom stereocenters. The van der Waals surface area contributed by atoms with Crippen LogP contribution in [0.4, 0.5) is 11.4 Å². The van der Waals surface area contributed by atoms with E-state index in [1.54, 1.807) is 36.4 Å². The number of amides is 1. The van der Waals surface area contributed by atoms with E-state index in [0.717, 1.165) is 0 Å². The molecule has 1 aromatic heterocycles. The number of anilines is 1. The molecule has 0 saturated carbocycles. The topological polar surface area (TPSA) is 156 Å². The van der Waals surface area contributed by atoms with Crippen LogP contribution in [-0.4, -0.2) is 38.9 Å². The Kier molecular flexibility index (Phi) is 7.44. The molecule has 0 saturated heterocycles. The minimum absolute atomic E-state index is 0.0435. The number of non-ortho nitro benzene ring substituents is 1. The Balaban J connectivity index is 1.63. The minimum atomic E-state index is -0.562. The summed E-state index contributed by atoms with van der Waals surface area (Å²) in [5.74, 6) is -0.536. The number of hydrazine groups is 1. The molecule has 0 unspecified atom stereocenters. The number of phenolic OH excluding ortho intramolecular Hbond substituents is 1. The van der Waals surface area contributed by atoms with Crippen molar-refractivity contribution in [2.45, 2.75) is 6.92 Å². The van der Waals surface area contributed by atoms with Gasteiger partial charge in [0.25, 0.3) is 11.6 Å². The highest BCUT2D eigenvalue weighted by molar-refractivity contribution is 7.80. The quantitative estimate of drug-likeness (QED) is 0.117. The summed E-state index contributed by atoms with van der Waals surface area (Å²) in [4.78, 5) is 40.2. The van der Waals surface area contributed by atoms with E-state index in [1.165, 1.54) is 44.4 Å². The summed E-state index contributed by atoms with van der Waals surface area (Å²) in [7, 11) is 1.42. The first-order valence-electron chi connectivity index (χ1n) is 11.1. The van der Waals surface area contributed by atoms with Gasteiger partial charge in [-0.1, -0.05) is 0 Å². The van der Waals surface area contributed by atoms with Gasteiger partial charge in [-0.05, 0) is 73.7 Å². The van der Waals surface area contributed by atoms with E-state index in [0.29, 0.717) is 33.4 Å². The van der Waals surface area contributed by atoms with Crippen LogP contribution in [0.25, 0.3) is 22.2 Å². The highest BCUT2D eigenvalue weighted by Gasteiger charge is 2.17. The molecular weight excluding hydrogens is 510 g/mol. The third kappa shape index (κ3) is 5.65. The van der Waals surface area contributed by atoms with Gasteiger partial charge in [-0.15, -0.1) is 0 Å². The predicted molar refractivity (Wildman–Crippen MR) is 145 cm³/mol. The molecule has 0 bridgehead atoms. The summed E-state index contributed by atoms with van der Waals surface area (Å²) in [5, 5.41) is 23.7. The fourth-order valence-corrected chi connectivity index (χ4v) is 3.76. The number of aromatic nitrogens is 1. The lowest BCUT2D eigenvalue weighted by Gasteiger charge is -2.14. The second kappa shape index (κ2) is 10.9. The van der Waals surface area contributed by atoms with Crippen LogP contribution in [0.2, 0.25) is 0 Å². The van der Waals surface area contributed by atoms with Crippen molar-refractivity contribution >= 4 is 51.3 Å². The zero-order valence-corrected chi connectivity index (χ0v) is 21.0. The maximum absolute atomic E-state index is 13.3. The number of nitrogens with zero attached hydrogens (tertiary/aromatic N) is 2. The highest BCUT2D eigenvalue weighted by atomic mass is 32.1. The number of aromatic hydroxyl groups is 1. The van der Waals surface area contributed by atoms with Gasteiger partial charge in [0, 0.05) is 28.6 Å². The van der Waals surface area contributed by atoms with E-state index >= 15 is 0 Å². The van der Waals surface area contributed by atoms with Crippen molar-refractivity contribution in [2.24, 2.45) is 0 Å². The van der Waals surface area contributed by atoms with E-state index < -0.39 is 10.8 Å². The van der Waals surface area contributed by atoms with Crippen molar-refractivity contribution in [1.29, 1.82) is 0 Å². The fourth-order valence-electron chi connectivity index (χ4n) is 3.61. The van der Waals surface area contributed by atoms with Crippen molar-refractivity contribution < 1.29 is 24.4 Å². The number of ketones is 1. The first-order chi connectivity index (χ1) is 18.2. The molecule has 4 N–H and O–H groups in total. The lowest BCUT2D eigenvalue weighted by molar-refractivity contribution is -0.384. The van der Waals surface area contributed by atoms with Gasteiger partial charge in [0.15, 0.2) is 22.4 Å². The fraction of sp³-hybridized carbons (Fsp3) is 0.0769. The summed E-state index contributed by atoms with van der Waals surface area (Å²) in [6, 6.07) is 16.7. The van der Waals surface area contributed by atoms with Gasteiger partial charge in [0.05, 0.1) is 34.5 Å². The van der Waals surface area contributed by atoms with E-state index in [9.17, 15) is 24.8 Å². The normalized spacial score (nSPS) is 10.5. The molecule has 3 aromatic carbocycles. The SMILES string of the molecule is COc1cc(-c2cc(C(=O)NC(=S)NNc3ccc([N+](=O)[O-])cc3)c3cc(C(C)=O)ccc3n2)ccc1O. The zero-order valence-electron chi connectivity index (χ0n) is 20.1. The number of nitro groups is 1. The zero-order chi connectivity index (χ0) is 27.4. The number of ether oxygens (including phenoxy) is 1. The van der Waals surface area contributed by atoms with Crippen molar-refractivity contribution in [3.05, 3.63) is 88.0 Å². The number of Topliss-reactive ketones (excluding diaryl/α,β-unsaturated/α-hetero) is 1. The Morgan fingerprint density at radius 2 is 1.79 bits per heavy atom. The van der Waals surface area contributed by atoms with Gasteiger partial charge >= 0.3 is 0 Å². The van der Waals surface area contributed by atoms with E-state index in [1.807, 2.05) is 0 Å². The largest absolute Gasteiger partial charge is 0.504 e. The number of nitro benzene ring substituents is 1. The van der Waals surface area contributed by atoms with Gasteiger partial charge in [-0.3, -0.25) is 35.9 Å². The Morgan fingerprint density at radius 3 is 2.45 bits per heavy atom. The number of nitrogens with one attached hydrogen (secondary N) is 3. The van der Waals surface area contributed by atoms with Gasteiger partial charge in [0.1, 0.15) is 0 Å². The van der Waals surface area contributed by atoms with Crippen LogP contribution in [0.15, 0.2) is 66.7 Å². The van der Waals surface area contributed by atoms with Crippen molar-refractivity contribution in [2.75, 3.05) is 12.5 Å². The Bertz CT molecular complexity index is 1590. The van der Waals surface area contributed by atoms with Crippen LogP contribution in [0.3, 0.4) is 0 Å². The summed E-state index contributed by atoms with van der Waals surface area (Å²) in [5.41, 5.74) is 7.94. The van der Waals surface area contributed by atoms with Crippen molar-refractivity contribution in [3.63, 3.8) is 0 Å². The van der Waals surface area contributed by atoms with Crippen LogP contribution < -0.4 is 20.9 Å². The van der Waals surface area contributed by atoms with Gasteiger partial charge in [-0.2, -0.15) is 0 Å². The number of fused-ring (bicyclic) bond motifs is 1. The number of carbonyl (C=O) groups is 2.